The second-order valence-corrected chi connectivity index (χ2v) is 9.97. The molecule has 17 heteroatoms. The molecule has 2 heterocycles. The molecule has 2 aliphatic rings. The average molecular weight is 683 g/mol. The van der Waals surface area contributed by atoms with E-state index in [0.717, 1.165) is 9.96 Å². The predicted octanol–water partition coefficient (Wildman–Crippen LogP) is -0.588. The zero-order valence-electron chi connectivity index (χ0n) is 20.9. The van der Waals surface area contributed by atoms with E-state index in [1.165, 1.54) is 0 Å². The van der Waals surface area contributed by atoms with Gasteiger partial charge >= 0.3 is 11.9 Å². The van der Waals surface area contributed by atoms with Crippen molar-refractivity contribution in [3.8, 4) is 0 Å². The molecule has 0 aromatic heterocycles. The van der Waals surface area contributed by atoms with Crippen LogP contribution in [0.15, 0.2) is 0 Å². The number of carbonyl (C=O) groups excluding carboxylic acids is 8. The van der Waals surface area contributed by atoms with Crippen molar-refractivity contribution in [3.63, 3.8) is 0 Å². The minimum absolute atomic E-state index is 0.00149. The molecule has 0 bridgehead atoms. The predicted molar refractivity (Wildman–Crippen MR) is 137 cm³/mol. The molecular formula is C22H29Br2N5O10. The summed E-state index contributed by atoms with van der Waals surface area (Å²) in [6.45, 7) is -0.426. The molecule has 2 saturated heterocycles. The maximum atomic E-state index is 13.4. The molecule has 0 unspecified atom stereocenters. The summed E-state index contributed by atoms with van der Waals surface area (Å²) < 4.78 is 0. The molecule has 6 amide bonds. The van der Waals surface area contributed by atoms with E-state index in [4.69, 9.17) is 9.68 Å². The first-order valence-electron chi connectivity index (χ1n) is 12.1. The molecule has 0 radical (unpaired) electrons. The fraction of sp³-hybridized carbons (Fsp3) is 0.636. The first-order chi connectivity index (χ1) is 18.5. The summed E-state index contributed by atoms with van der Waals surface area (Å²) in [5.74, 6) is -5.47. The van der Waals surface area contributed by atoms with Crippen LogP contribution in [-0.2, 0) is 48.0 Å². The fourth-order valence-corrected chi connectivity index (χ4v) is 4.18. The van der Waals surface area contributed by atoms with Crippen LogP contribution in [0.3, 0.4) is 0 Å². The number of nitrogens with zero attached hydrogens (tertiary/aromatic N) is 3. The first-order valence-corrected chi connectivity index (χ1v) is 14.4. The smallest absolute Gasteiger partial charge is 0.334 e. The molecule has 0 aliphatic carbocycles. The highest BCUT2D eigenvalue weighted by Crippen LogP contribution is 2.14. The number of imide groups is 1. The van der Waals surface area contributed by atoms with Gasteiger partial charge in [0, 0.05) is 55.9 Å². The van der Waals surface area contributed by atoms with Crippen LogP contribution < -0.4 is 10.6 Å². The molecule has 0 spiro atoms. The van der Waals surface area contributed by atoms with Gasteiger partial charge < -0.3 is 25.2 Å². The number of hydrogen-bond acceptors (Lipinski definition) is 10. The third-order valence-electron chi connectivity index (χ3n) is 5.42. The lowest BCUT2D eigenvalue weighted by Crippen LogP contribution is -2.58. The van der Waals surface area contributed by atoms with E-state index in [-0.39, 0.29) is 64.1 Å². The molecule has 2 fully saturated rings. The van der Waals surface area contributed by atoms with Crippen molar-refractivity contribution in [2.24, 2.45) is 0 Å². The van der Waals surface area contributed by atoms with Crippen molar-refractivity contribution in [3.05, 3.63) is 0 Å². The summed E-state index contributed by atoms with van der Waals surface area (Å²) in [7, 11) is 0. The van der Waals surface area contributed by atoms with Crippen molar-refractivity contribution < 1.29 is 48.0 Å². The monoisotopic (exact) mass is 681 g/mol. The van der Waals surface area contributed by atoms with Crippen molar-refractivity contribution in [2.75, 3.05) is 30.3 Å². The lowest BCUT2D eigenvalue weighted by atomic mass is 10.2. The van der Waals surface area contributed by atoms with Crippen molar-refractivity contribution >= 4 is 79.2 Å². The number of rotatable bonds is 15. The SMILES string of the molecule is O=C(CCBr)NC(NC(=O)CCBr)C(=O)N(CCC(=O)ON1CCCC1=O)CCC(=O)ON1C(=O)CCC1=O. The highest BCUT2D eigenvalue weighted by molar-refractivity contribution is 9.09. The van der Waals surface area contributed by atoms with E-state index in [1.54, 1.807) is 0 Å². The molecule has 39 heavy (non-hydrogen) atoms. The number of nitrogens with one attached hydrogen (secondary N) is 2. The maximum absolute atomic E-state index is 13.4. The third kappa shape index (κ3) is 10.5. The number of hydroxylamine groups is 4. The van der Waals surface area contributed by atoms with Crippen LogP contribution in [0.2, 0.25) is 0 Å². The quantitative estimate of drug-likeness (QED) is 0.128. The highest BCUT2D eigenvalue weighted by atomic mass is 79.9. The van der Waals surface area contributed by atoms with E-state index in [9.17, 15) is 38.4 Å². The van der Waals surface area contributed by atoms with Crippen molar-refractivity contribution in [1.82, 2.24) is 25.7 Å². The maximum Gasteiger partial charge on any atom is 0.334 e. The summed E-state index contributed by atoms with van der Waals surface area (Å²) in [4.78, 5) is 108. The molecule has 0 aromatic rings. The number of amides is 6. The third-order valence-corrected chi connectivity index (χ3v) is 6.22. The van der Waals surface area contributed by atoms with Crippen LogP contribution in [0, 0.1) is 0 Å². The Morgan fingerprint density at radius 2 is 1.28 bits per heavy atom. The van der Waals surface area contributed by atoms with Crippen LogP contribution in [0.5, 0.6) is 0 Å². The Morgan fingerprint density at radius 1 is 0.769 bits per heavy atom. The summed E-state index contributed by atoms with van der Waals surface area (Å²) in [6, 6.07) is 0. The number of hydrogen-bond donors (Lipinski definition) is 2. The molecule has 216 valence electrons. The van der Waals surface area contributed by atoms with E-state index < -0.39 is 54.1 Å². The minimum Gasteiger partial charge on any atom is -0.338 e. The van der Waals surface area contributed by atoms with Crippen LogP contribution in [-0.4, -0.2) is 98.9 Å². The van der Waals surface area contributed by atoms with E-state index in [0.29, 0.717) is 22.1 Å². The summed E-state index contributed by atoms with van der Waals surface area (Å²) >= 11 is 6.23. The van der Waals surface area contributed by atoms with Crippen LogP contribution in [0.25, 0.3) is 0 Å². The van der Waals surface area contributed by atoms with Crippen molar-refractivity contribution in [2.45, 2.75) is 57.5 Å². The Hall–Kier alpha value is -3.08. The molecule has 15 nitrogen and oxygen atoms in total. The Morgan fingerprint density at radius 3 is 1.74 bits per heavy atom. The molecule has 0 saturated carbocycles. The Bertz CT molecular complexity index is 958. The lowest BCUT2D eigenvalue weighted by Gasteiger charge is -2.28. The number of carbonyl (C=O) groups is 8. The second-order valence-electron chi connectivity index (χ2n) is 8.38. The molecule has 2 N–H and O–H groups in total. The number of halogens is 2. The van der Waals surface area contributed by atoms with Gasteiger partial charge in [0.25, 0.3) is 23.6 Å². The largest absolute Gasteiger partial charge is 0.338 e. The molecule has 0 aromatic carbocycles. The standard InChI is InChI=1S/C22H29Br2N5O10/c23-9-5-14(30)25-21(26-15(31)6-10-24)22(37)27(12-7-19(35)38-28-11-1-2-16(28)32)13-8-20(36)39-29-17(33)3-4-18(29)34/h21H,1-13H2,(H,25,30)(H,26,31). The summed E-state index contributed by atoms with van der Waals surface area (Å²) in [6.07, 6.45) is -1.81. The van der Waals surface area contributed by atoms with Gasteiger partial charge in [0.15, 0.2) is 6.17 Å². The van der Waals surface area contributed by atoms with Gasteiger partial charge in [-0.25, -0.2) is 9.59 Å². The van der Waals surface area contributed by atoms with E-state index >= 15 is 0 Å². The van der Waals surface area contributed by atoms with E-state index in [1.807, 2.05) is 0 Å². The van der Waals surface area contributed by atoms with Crippen LogP contribution in [0.1, 0.15) is 51.4 Å². The highest BCUT2D eigenvalue weighted by Gasteiger charge is 2.34. The van der Waals surface area contributed by atoms with Gasteiger partial charge in [0.1, 0.15) is 0 Å². The molecule has 2 aliphatic heterocycles. The van der Waals surface area contributed by atoms with Gasteiger partial charge in [-0.05, 0) is 6.42 Å². The average Bonchev–Trinajstić information content (AvgIpc) is 3.42. The summed E-state index contributed by atoms with van der Waals surface area (Å²) in [5.41, 5.74) is 0. The van der Waals surface area contributed by atoms with Gasteiger partial charge in [-0.1, -0.05) is 31.9 Å². The number of alkyl halides is 2. The van der Waals surface area contributed by atoms with Crippen LogP contribution in [0.4, 0.5) is 0 Å². The zero-order valence-corrected chi connectivity index (χ0v) is 24.1. The van der Waals surface area contributed by atoms with Gasteiger partial charge in [0.2, 0.25) is 11.8 Å². The van der Waals surface area contributed by atoms with E-state index in [2.05, 4.69) is 42.5 Å². The topological polar surface area (TPSA) is 189 Å². The Kier molecular flexibility index (Phi) is 13.3. The normalized spacial score (nSPS) is 15.0. The summed E-state index contributed by atoms with van der Waals surface area (Å²) in [5, 5.41) is 6.69. The fourth-order valence-electron chi connectivity index (χ4n) is 3.46. The first kappa shape index (κ1) is 32.1. The lowest BCUT2D eigenvalue weighted by molar-refractivity contribution is -0.197. The van der Waals surface area contributed by atoms with Gasteiger partial charge in [-0.15, -0.1) is 5.06 Å². The molecule has 2 rings (SSSR count). The van der Waals surface area contributed by atoms with Crippen LogP contribution >= 0.6 is 31.9 Å². The molecule has 0 atom stereocenters. The van der Waals surface area contributed by atoms with Gasteiger partial charge in [-0.2, -0.15) is 5.06 Å². The second kappa shape index (κ2) is 16.1. The van der Waals surface area contributed by atoms with Gasteiger partial charge in [0.05, 0.1) is 19.4 Å². The van der Waals surface area contributed by atoms with Crippen molar-refractivity contribution in [1.29, 1.82) is 0 Å². The Labute approximate surface area is 240 Å². The zero-order chi connectivity index (χ0) is 28.9. The van der Waals surface area contributed by atoms with Gasteiger partial charge in [-0.3, -0.25) is 28.8 Å². The Balaban J connectivity index is 2.12. The molecular weight excluding hydrogens is 654 g/mol. The minimum atomic E-state index is -1.52.